The number of anilines is 6. The maximum absolute atomic E-state index is 2.46. The lowest BCUT2D eigenvalue weighted by molar-refractivity contribution is 0.866. The van der Waals surface area contributed by atoms with Crippen LogP contribution in [0.3, 0.4) is 0 Å². The zero-order valence-corrected chi connectivity index (χ0v) is 32.9. The van der Waals surface area contributed by atoms with E-state index in [0.29, 0.717) is 11.8 Å². The third kappa shape index (κ3) is 6.51. The van der Waals surface area contributed by atoms with Crippen LogP contribution in [0.1, 0.15) is 72.9 Å². The fourth-order valence-corrected chi connectivity index (χ4v) is 8.31. The molecule has 0 radical (unpaired) electrons. The van der Waals surface area contributed by atoms with Crippen molar-refractivity contribution in [3.8, 4) is 0 Å². The SMILES string of the molecule is Cc1cc(C)cc(N(c2ccc(C(C)C)cc2)c2cc3c4ccccc4c(N(c4ccc(C(C)C)cc4)c4cc(C)cc(C)c4)cc3c3ccccc23)c1. The van der Waals surface area contributed by atoms with Crippen molar-refractivity contribution in [1.29, 1.82) is 0 Å². The Balaban J connectivity index is 1.45. The summed E-state index contributed by atoms with van der Waals surface area (Å²) in [6.07, 6.45) is 0. The van der Waals surface area contributed by atoms with Crippen molar-refractivity contribution in [2.45, 2.75) is 67.2 Å². The molecule has 8 aromatic rings. The Kier molecular flexibility index (Phi) is 9.24. The fourth-order valence-electron chi connectivity index (χ4n) is 8.31. The Morgan fingerprint density at radius 3 is 0.944 bits per heavy atom. The van der Waals surface area contributed by atoms with Gasteiger partial charge in [0.15, 0.2) is 0 Å². The lowest BCUT2D eigenvalue weighted by Gasteiger charge is -2.30. The molecular formula is C52H50N2. The van der Waals surface area contributed by atoms with E-state index in [1.165, 1.54) is 88.4 Å². The molecule has 0 heterocycles. The molecule has 0 aliphatic heterocycles. The molecule has 0 aliphatic rings. The number of benzene rings is 8. The van der Waals surface area contributed by atoms with Crippen LogP contribution >= 0.6 is 0 Å². The minimum absolute atomic E-state index is 0.465. The van der Waals surface area contributed by atoms with E-state index >= 15 is 0 Å². The minimum Gasteiger partial charge on any atom is -0.310 e. The van der Waals surface area contributed by atoms with Gasteiger partial charge in [0.2, 0.25) is 0 Å². The van der Waals surface area contributed by atoms with Crippen LogP contribution in [-0.4, -0.2) is 0 Å². The summed E-state index contributed by atoms with van der Waals surface area (Å²) >= 11 is 0. The van der Waals surface area contributed by atoms with Crippen molar-refractivity contribution >= 4 is 66.4 Å². The van der Waals surface area contributed by atoms with E-state index in [9.17, 15) is 0 Å². The predicted molar refractivity (Wildman–Crippen MR) is 235 cm³/mol. The number of hydrogen-bond donors (Lipinski definition) is 0. The Morgan fingerprint density at radius 2 is 0.630 bits per heavy atom. The normalized spacial score (nSPS) is 11.7. The van der Waals surface area contributed by atoms with Crippen LogP contribution < -0.4 is 9.80 Å². The molecule has 0 fully saturated rings. The topological polar surface area (TPSA) is 6.48 Å². The van der Waals surface area contributed by atoms with Crippen LogP contribution in [0.2, 0.25) is 0 Å². The molecule has 0 saturated carbocycles. The number of aryl methyl sites for hydroxylation is 4. The van der Waals surface area contributed by atoms with E-state index in [-0.39, 0.29) is 0 Å². The summed E-state index contributed by atoms with van der Waals surface area (Å²) in [5.74, 6) is 0.930. The molecule has 0 bridgehead atoms. The summed E-state index contributed by atoms with van der Waals surface area (Å²) in [7, 11) is 0. The molecule has 0 amide bonds. The molecule has 0 aliphatic carbocycles. The van der Waals surface area contributed by atoms with Gasteiger partial charge in [0, 0.05) is 33.5 Å². The van der Waals surface area contributed by atoms with Crippen molar-refractivity contribution in [3.05, 3.63) is 179 Å². The number of hydrogen-bond acceptors (Lipinski definition) is 2. The molecule has 0 spiro atoms. The summed E-state index contributed by atoms with van der Waals surface area (Å²) in [6, 6.07) is 54.9. The molecule has 0 aromatic heterocycles. The smallest absolute Gasteiger partial charge is 0.0546 e. The summed E-state index contributed by atoms with van der Waals surface area (Å²) in [6.45, 7) is 17.8. The number of nitrogens with zero attached hydrogens (tertiary/aromatic N) is 2. The van der Waals surface area contributed by atoms with E-state index < -0.39 is 0 Å². The predicted octanol–water partition coefficient (Wildman–Crippen LogP) is 15.6. The van der Waals surface area contributed by atoms with Crippen molar-refractivity contribution in [2.24, 2.45) is 0 Å². The standard InChI is InChI=1S/C52H50N2/c1-33(2)39-17-21-41(22-18-39)53(43-27-35(5)25-36(6)28-43)51-31-49-46-14-10-12-16-48(46)52(32-50(49)45-13-9-11-15-47(45)51)54(44-29-37(7)26-38(8)30-44)42-23-19-40(20-24-42)34(3)4/h9-34H,1-8H3. The Bertz CT molecular complexity index is 2420. The van der Waals surface area contributed by atoms with Gasteiger partial charge in [-0.2, -0.15) is 0 Å². The Morgan fingerprint density at radius 1 is 0.315 bits per heavy atom. The lowest BCUT2D eigenvalue weighted by atomic mass is 9.93. The van der Waals surface area contributed by atoms with Crippen LogP contribution in [0.15, 0.2) is 146 Å². The molecule has 54 heavy (non-hydrogen) atoms. The van der Waals surface area contributed by atoms with E-state index in [1.54, 1.807) is 0 Å². The molecule has 0 atom stereocenters. The second-order valence-corrected chi connectivity index (χ2v) is 15.8. The second-order valence-electron chi connectivity index (χ2n) is 15.8. The molecule has 0 N–H and O–H groups in total. The Hall–Kier alpha value is -5.86. The highest BCUT2D eigenvalue weighted by molar-refractivity contribution is 6.24. The van der Waals surface area contributed by atoms with Gasteiger partial charge in [-0.3, -0.25) is 0 Å². The molecule has 8 rings (SSSR count). The van der Waals surface area contributed by atoms with Crippen LogP contribution in [0.5, 0.6) is 0 Å². The molecule has 268 valence electrons. The van der Waals surface area contributed by atoms with Gasteiger partial charge in [0.1, 0.15) is 0 Å². The lowest BCUT2D eigenvalue weighted by Crippen LogP contribution is -2.12. The van der Waals surface area contributed by atoms with E-state index in [0.717, 1.165) is 11.4 Å². The monoisotopic (exact) mass is 702 g/mol. The average molecular weight is 703 g/mol. The van der Waals surface area contributed by atoms with Crippen LogP contribution in [0, 0.1) is 27.7 Å². The van der Waals surface area contributed by atoms with Crippen LogP contribution in [-0.2, 0) is 0 Å². The Labute approximate surface area is 321 Å². The zero-order chi connectivity index (χ0) is 37.7. The van der Waals surface area contributed by atoms with E-state index in [2.05, 4.69) is 211 Å². The molecule has 2 heteroatoms. The van der Waals surface area contributed by atoms with Crippen LogP contribution in [0.4, 0.5) is 34.1 Å². The zero-order valence-electron chi connectivity index (χ0n) is 32.9. The number of fused-ring (bicyclic) bond motifs is 5. The first-order valence-corrected chi connectivity index (χ1v) is 19.4. The van der Waals surface area contributed by atoms with E-state index in [4.69, 9.17) is 0 Å². The number of rotatable bonds is 8. The van der Waals surface area contributed by atoms with Crippen molar-refractivity contribution in [3.63, 3.8) is 0 Å². The summed E-state index contributed by atoms with van der Waals surface area (Å²) in [4.78, 5) is 4.93. The van der Waals surface area contributed by atoms with Gasteiger partial charge in [-0.15, -0.1) is 0 Å². The molecule has 8 aromatic carbocycles. The first-order valence-electron chi connectivity index (χ1n) is 19.4. The minimum atomic E-state index is 0.465. The highest BCUT2D eigenvalue weighted by Gasteiger charge is 2.23. The third-order valence-electron chi connectivity index (χ3n) is 10.9. The van der Waals surface area contributed by atoms with Crippen LogP contribution in [0.25, 0.3) is 32.3 Å². The van der Waals surface area contributed by atoms with Crippen molar-refractivity contribution in [2.75, 3.05) is 9.80 Å². The molecular weight excluding hydrogens is 653 g/mol. The van der Waals surface area contributed by atoms with Gasteiger partial charge in [0.25, 0.3) is 0 Å². The van der Waals surface area contributed by atoms with Crippen molar-refractivity contribution < 1.29 is 0 Å². The van der Waals surface area contributed by atoms with Gasteiger partial charge < -0.3 is 9.80 Å². The van der Waals surface area contributed by atoms with Gasteiger partial charge >= 0.3 is 0 Å². The highest BCUT2D eigenvalue weighted by Crippen LogP contribution is 2.48. The molecule has 0 saturated heterocycles. The van der Waals surface area contributed by atoms with Gasteiger partial charge in [-0.25, -0.2) is 0 Å². The summed E-state index contributed by atoms with van der Waals surface area (Å²) in [5, 5.41) is 7.40. The first-order chi connectivity index (χ1) is 26.0. The second kappa shape index (κ2) is 14.2. The quantitative estimate of drug-likeness (QED) is 0.145. The first kappa shape index (κ1) is 35.2. The van der Waals surface area contributed by atoms with E-state index in [1.807, 2.05) is 0 Å². The summed E-state index contributed by atoms with van der Waals surface area (Å²) < 4.78 is 0. The molecule has 0 unspecified atom stereocenters. The third-order valence-corrected chi connectivity index (χ3v) is 10.9. The largest absolute Gasteiger partial charge is 0.310 e. The maximum atomic E-state index is 2.46. The van der Waals surface area contributed by atoms with Gasteiger partial charge in [-0.05, 0) is 155 Å². The highest BCUT2D eigenvalue weighted by atomic mass is 15.2. The van der Waals surface area contributed by atoms with Gasteiger partial charge in [0.05, 0.1) is 11.4 Å². The fraction of sp³-hybridized carbons (Fsp3) is 0.192. The molecule has 2 nitrogen and oxygen atoms in total. The van der Waals surface area contributed by atoms with Gasteiger partial charge in [-0.1, -0.05) is 113 Å². The average Bonchev–Trinajstić information content (AvgIpc) is 3.15. The summed E-state index contributed by atoms with van der Waals surface area (Å²) in [5.41, 5.74) is 14.7. The van der Waals surface area contributed by atoms with Crippen molar-refractivity contribution in [1.82, 2.24) is 0 Å². The maximum Gasteiger partial charge on any atom is 0.0546 e.